The van der Waals surface area contributed by atoms with Crippen LogP contribution >= 0.6 is 0 Å². The number of hydrogen-bond acceptors (Lipinski definition) is 2. The normalized spacial score (nSPS) is 14.7. The van der Waals surface area contributed by atoms with E-state index >= 15 is 0 Å². The molecule has 0 spiro atoms. The second-order valence-corrected chi connectivity index (χ2v) is 6.66. The third kappa shape index (κ3) is 11.4. The van der Waals surface area contributed by atoms with Gasteiger partial charge in [0, 0.05) is 13.5 Å². The monoisotopic (exact) mass is 276 g/mol. The second kappa shape index (κ2) is 13.7. The van der Waals surface area contributed by atoms with Gasteiger partial charge in [0.15, 0.2) is 0 Å². The Morgan fingerprint density at radius 2 is 1.33 bits per heavy atom. The maximum absolute atomic E-state index is 11.3. The third-order valence-electron chi connectivity index (χ3n) is 3.43. The molecule has 0 saturated carbocycles. The molecule has 0 aromatic heterocycles. The van der Waals surface area contributed by atoms with Gasteiger partial charge < -0.3 is 9.29 Å². The van der Waals surface area contributed by atoms with Gasteiger partial charge in [0.25, 0.3) is 0 Å². The third-order valence-corrected chi connectivity index (χ3v) is 4.60. The van der Waals surface area contributed by atoms with Gasteiger partial charge in [0.2, 0.25) is 5.44 Å². The first-order valence-corrected chi connectivity index (χ1v) is 9.19. The topological polar surface area (TPSA) is 32.3 Å². The highest BCUT2D eigenvalue weighted by Gasteiger charge is 2.15. The van der Waals surface area contributed by atoms with Gasteiger partial charge in [-0.2, -0.15) is 0 Å². The largest absolute Gasteiger partial charge is 0.615 e. The first-order chi connectivity index (χ1) is 8.72. The van der Waals surface area contributed by atoms with Crippen molar-refractivity contribution in [2.24, 2.45) is 0 Å². The van der Waals surface area contributed by atoms with Crippen molar-refractivity contribution >= 4 is 11.2 Å². The Morgan fingerprint density at radius 1 is 0.889 bits per heavy atom. The Morgan fingerprint density at radius 3 is 1.72 bits per heavy atom. The van der Waals surface area contributed by atoms with E-state index in [0.717, 1.165) is 12.8 Å². The molecule has 0 radical (unpaired) electrons. The van der Waals surface area contributed by atoms with Crippen molar-refractivity contribution in [2.75, 3.05) is 13.4 Å². The van der Waals surface area contributed by atoms with Crippen LogP contribution in [0, 0.1) is 0 Å². The van der Waals surface area contributed by atoms with E-state index < -0.39 is 11.2 Å². The van der Waals surface area contributed by atoms with Crippen LogP contribution in [0.25, 0.3) is 0 Å². The van der Waals surface area contributed by atoms with Crippen molar-refractivity contribution in [3.05, 3.63) is 0 Å². The molecule has 0 aromatic rings. The molecule has 0 aromatic carbocycles. The van der Waals surface area contributed by atoms with Gasteiger partial charge in [-0.3, -0.25) is 0 Å². The van der Waals surface area contributed by atoms with Crippen LogP contribution in [-0.4, -0.2) is 23.4 Å². The van der Waals surface area contributed by atoms with Crippen LogP contribution in [0.2, 0.25) is 0 Å². The number of hydrogen-bond donors (Lipinski definition) is 0. The fraction of sp³-hybridized carbons (Fsp3) is 1.00. The van der Waals surface area contributed by atoms with E-state index in [4.69, 9.17) is 4.74 Å². The number of rotatable bonds is 13. The van der Waals surface area contributed by atoms with E-state index in [0.29, 0.717) is 0 Å². The van der Waals surface area contributed by atoms with Gasteiger partial charge in [-0.1, -0.05) is 64.7 Å². The fourth-order valence-corrected chi connectivity index (χ4v) is 2.99. The van der Waals surface area contributed by atoms with Gasteiger partial charge in [-0.05, 0) is 17.6 Å². The molecule has 2 unspecified atom stereocenters. The molecular formula is C15H32O2S. The van der Waals surface area contributed by atoms with Gasteiger partial charge in [-0.15, -0.1) is 0 Å². The number of unbranched alkanes of at least 4 members (excludes halogenated alkanes) is 9. The Balaban J connectivity index is 3.15. The summed E-state index contributed by atoms with van der Waals surface area (Å²) in [4.78, 5) is 0. The quantitative estimate of drug-likeness (QED) is 0.362. The van der Waals surface area contributed by atoms with Crippen molar-refractivity contribution in [3.63, 3.8) is 0 Å². The molecule has 0 heterocycles. The van der Waals surface area contributed by atoms with E-state index in [-0.39, 0.29) is 5.44 Å². The van der Waals surface area contributed by atoms with Crippen LogP contribution in [0.5, 0.6) is 0 Å². The summed E-state index contributed by atoms with van der Waals surface area (Å²) < 4.78 is 16.4. The summed E-state index contributed by atoms with van der Waals surface area (Å²) >= 11 is -0.839. The molecule has 18 heavy (non-hydrogen) atoms. The van der Waals surface area contributed by atoms with Gasteiger partial charge >= 0.3 is 0 Å². The highest BCUT2D eigenvalue weighted by Crippen LogP contribution is 2.14. The molecule has 110 valence electrons. The molecule has 0 saturated heterocycles. The SMILES string of the molecule is CCCCCCCCCCCCC(OC)[S+](C)[O-]. The minimum Gasteiger partial charge on any atom is -0.615 e. The average molecular weight is 276 g/mol. The fourth-order valence-electron chi connectivity index (χ4n) is 2.22. The molecule has 0 bridgehead atoms. The lowest BCUT2D eigenvalue weighted by Gasteiger charge is -2.16. The minimum atomic E-state index is -0.839. The number of methoxy groups -OCH3 is 1. The van der Waals surface area contributed by atoms with Crippen LogP contribution in [0.4, 0.5) is 0 Å². The first-order valence-electron chi connectivity index (χ1n) is 7.57. The maximum atomic E-state index is 11.3. The summed E-state index contributed by atoms with van der Waals surface area (Å²) in [5.74, 6) is 0. The maximum Gasteiger partial charge on any atom is 0.215 e. The van der Waals surface area contributed by atoms with Gasteiger partial charge in [0.05, 0.1) is 6.26 Å². The zero-order valence-electron chi connectivity index (χ0n) is 12.6. The van der Waals surface area contributed by atoms with Gasteiger partial charge in [-0.25, -0.2) is 0 Å². The summed E-state index contributed by atoms with van der Waals surface area (Å²) in [5, 5.41) is 0. The molecule has 0 fully saturated rings. The Labute approximate surface area is 117 Å². The van der Waals surface area contributed by atoms with E-state index in [1.807, 2.05) is 0 Å². The van der Waals surface area contributed by atoms with Crippen LogP contribution < -0.4 is 0 Å². The van der Waals surface area contributed by atoms with Crippen LogP contribution in [-0.2, 0) is 15.9 Å². The van der Waals surface area contributed by atoms with Crippen molar-refractivity contribution in [1.82, 2.24) is 0 Å². The van der Waals surface area contributed by atoms with Crippen molar-refractivity contribution < 1.29 is 9.29 Å². The van der Waals surface area contributed by atoms with Crippen molar-refractivity contribution in [2.45, 2.75) is 83.0 Å². The summed E-state index contributed by atoms with van der Waals surface area (Å²) in [6.45, 7) is 2.26. The molecule has 0 aliphatic rings. The molecule has 0 aliphatic heterocycles. The summed E-state index contributed by atoms with van der Waals surface area (Å²) in [7, 11) is 1.66. The molecule has 2 nitrogen and oxygen atoms in total. The molecule has 0 aliphatic carbocycles. The average Bonchev–Trinajstić information content (AvgIpc) is 2.35. The molecule has 0 rings (SSSR count). The first kappa shape index (κ1) is 18.3. The highest BCUT2D eigenvalue weighted by molar-refractivity contribution is 7.91. The van der Waals surface area contributed by atoms with E-state index in [1.165, 1.54) is 57.8 Å². The zero-order valence-corrected chi connectivity index (χ0v) is 13.4. The van der Waals surface area contributed by atoms with Crippen molar-refractivity contribution in [3.8, 4) is 0 Å². The highest BCUT2D eigenvalue weighted by atomic mass is 32.2. The zero-order chi connectivity index (χ0) is 13.6. The Bertz CT molecular complexity index is 163. The summed E-state index contributed by atoms with van der Waals surface area (Å²) in [6.07, 6.45) is 16.1. The summed E-state index contributed by atoms with van der Waals surface area (Å²) in [6, 6.07) is 0. The van der Waals surface area contributed by atoms with Crippen molar-refractivity contribution in [1.29, 1.82) is 0 Å². The standard InChI is InChI=1S/C15H32O2S/c1-4-5-6-7-8-9-10-11-12-13-14-15(17-2)18(3)16/h15H,4-14H2,1-3H3. The second-order valence-electron chi connectivity index (χ2n) is 5.13. The predicted molar refractivity (Wildman–Crippen MR) is 81.3 cm³/mol. The lowest BCUT2D eigenvalue weighted by molar-refractivity contribution is 0.154. The van der Waals surface area contributed by atoms with E-state index in [2.05, 4.69) is 6.92 Å². The Kier molecular flexibility index (Phi) is 13.9. The molecular weight excluding hydrogens is 244 g/mol. The summed E-state index contributed by atoms with van der Waals surface area (Å²) in [5.41, 5.74) is -0.0564. The molecule has 0 N–H and O–H groups in total. The smallest absolute Gasteiger partial charge is 0.215 e. The lowest BCUT2D eigenvalue weighted by atomic mass is 10.1. The van der Waals surface area contributed by atoms with Crippen LogP contribution in [0.3, 0.4) is 0 Å². The lowest BCUT2D eigenvalue weighted by Crippen LogP contribution is -2.21. The Hall–Kier alpha value is 0.270. The molecule has 0 amide bonds. The predicted octanol–water partition coefficient (Wildman–Crippen LogP) is 4.65. The molecule has 3 heteroatoms. The minimum absolute atomic E-state index is 0.0564. The number of ether oxygens (including phenoxy) is 1. The van der Waals surface area contributed by atoms with Gasteiger partial charge in [0.1, 0.15) is 0 Å². The van der Waals surface area contributed by atoms with E-state index in [9.17, 15) is 4.55 Å². The van der Waals surface area contributed by atoms with Crippen LogP contribution in [0.15, 0.2) is 0 Å². The van der Waals surface area contributed by atoms with E-state index in [1.54, 1.807) is 13.4 Å². The molecule has 2 atom stereocenters. The van der Waals surface area contributed by atoms with Crippen LogP contribution in [0.1, 0.15) is 77.6 Å².